The molecule has 7 heteroatoms. The van der Waals surface area contributed by atoms with Gasteiger partial charge in [-0.2, -0.15) is 4.68 Å². The van der Waals surface area contributed by atoms with Gasteiger partial charge in [-0.1, -0.05) is 10.4 Å². The minimum absolute atomic E-state index is 0.132. The lowest BCUT2D eigenvalue weighted by Crippen LogP contribution is -2.03. The molecule has 0 spiro atoms. The zero-order valence-corrected chi connectivity index (χ0v) is 8.55. The second-order valence-corrected chi connectivity index (χ2v) is 3.16. The molecule has 0 radical (unpaired) electrons. The number of nitrogens with zero attached hydrogens (tertiary/aromatic N) is 5. The fourth-order valence-electron chi connectivity index (χ4n) is 1.27. The number of hydrogen-bond donors (Lipinski definition) is 0. The normalized spacial score (nSPS) is 10.6. The van der Waals surface area contributed by atoms with Crippen molar-refractivity contribution >= 4 is 5.78 Å². The van der Waals surface area contributed by atoms with Gasteiger partial charge in [0, 0.05) is 6.92 Å². The monoisotopic (exact) mass is 207 g/mol. The van der Waals surface area contributed by atoms with Gasteiger partial charge in [0.05, 0.1) is 5.69 Å². The third kappa shape index (κ3) is 1.41. The number of carbonyl (C=O) groups is 1. The van der Waals surface area contributed by atoms with Gasteiger partial charge in [-0.3, -0.25) is 4.79 Å². The SMILES string of the molecule is CC(=O)c1nnn(-c2nonc2C)c1C. The Balaban J connectivity index is 2.56. The van der Waals surface area contributed by atoms with E-state index in [4.69, 9.17) is 0 Å². The molecule has 0 amide bonds. The zero-order chi connectivity index (χ0) is 11.0. The van der Waals surface area contributed by atoms with Gasteiger partial charge in [0.2, 0.25) is 5.82 Å². The second kappa shape index (κ2) is 3.26. The Morgan fingerprint density at radius 2 is 2.07 bits per heavy atom. The largest absolute Gasteiger partial charge is 0.293 e. The molecule has 2 aromatic heterocycles. The Bertz CT molecular complexity index is 513. The van der Waals surface area contributed by atoms with Crippen molar-refractivity contribution in [3.8, 4) is 5.82 Å². The van der Waals surface area contributed by atoms with Crippen LogP contribution in [0.4, 0.5) is 0 Å². The summed E-state index contributed by atoms with van der Waals surface area (Å²) in [6, 6.07) is 0. The number of aromatic nitrogens is 5. The minimum atomic E-state index is -0.132. The number of rotatable bonds is 2. The van der Waals surface area contributed by atoms with Crippen LogP contribution in [0.2, 0.25) is 0 Å². The average molecular weight is 207 g/mol. The lowest BCUT2D eigenvalue weighted by molar-refractivity contribution is 0.101. The van der Waals surface area contributed by atoms with Crippen LogP contribution in [0, 0.1) is 13.8 Å². The number of Topliss-reactive ketones (excluding diaryl/α,β-unsaturated/α-hetero) is 1. The van der Waals surface area contributed by atoms with Gasteiger partial charge < -0.3 is 0 Å². The van der Waals surface area contributed by atoms with Crippen LogP contribution in [0.1, 0.15) is 28.8 Å². The molecule has 2 aromatic rings. The quantitative estimate of drug-likeness (QED) is 0.665. The second-order valence-electron chi connectivity index (χ2n) is 3.16. The topological polar surface area (TPSA) is 86.7 Å². The molecule has 0 atom stereocenters. The maximum atomic E-state index is 11.2. The van der Waals surface area contributed by atoms with Crippen molar-refractivity contribution in [2.24, 2.45) is 0 Å². The summed E-state index contributed by atoms with van der Waals surface area (Å²) in [7, 11) is 0. The summed E-state index contributed by atoms with van der Waals surface area (Å²) in [5.41, 5.74) is 1.55. The molecule has 0 aliphatic heterocycles. The smallest absolute Gasteiger partial charge is 0.222 e. The highest BCUT2D eigenvalue weighted by Gasteiger charge is 2.17. The van der Waals surface area contributed by atoms with Crippen LogP contribution >= 0.6 is 0 Å². The summed E-state index contributed by atoms with van der Waals surface area (Å²) in [5.74, 6) is 0.320. The van der Waals surface area contributed by atoms with E-state index in [0.29, 0.717) is 22.9 Å². The Kier molecular flexibility index (Phi) is 2.07. The maximum Gasteiger partial charge on any atom is 0.222 e. The first-order valence-corrected chi connectivity index (χ1v) is 4.34. The molecule has 0 saturated carbocycles. The predicted molar refractivity (Wildman–Crippen MR) is 48.7 cm³/mol. The van der Waals surface area contributed by atoms with Crippen molar-refractivity contribution < 1.29 is 9.42 Å². The van der Waals surface area contributed by atoms with Crippen LogP contribution in [0.5, 0.6) is 0 Å². The molecule has 0 aromatic carbocycles. The maximum absolute atomic E-state index is 11.2. The van der Waals surface area contributed by atoms with E-state index in [9.17, 15) is 4.79 Å². The van der Waals surface area contributed by atoms with Crippen molar-refractivity contribution in [2.75, 3.05) is 0 Å². The highest BCUT2D eigenvalue weighted by atomic mass is 16.6. The molecule has 0 bridgehead atoms. The molecule has 0 fully saturated rings. The Morgan fingerprint density at radius 1 is 1.33 bits per heavy atom. The number of aryl methyl sites for hydroxylation is 1. The van der Waals surface area contributed by atoms with Gasteiger partial charge in [-0.25, -0.2) is 4.63 Å². The Hall–Kier alpha value is -2.05. The van der Waals surface area contributed by atoms with Gasteiger partial charge in [-0.15, -0.1) is 5.10 Å². The first kappa shape index (κ1) is 9.50. The van der Waals surface area contributed by atoms with Crippen LogP contribution in [0.3, 0.4) is 0 Å². The summed E-state index contributed by atoms with van der Waals surface area (Å²) in [5, 5.41) is 14.9. The van der Waals surface area contributed by atoms with Gasteiger partial charge in [0.15, 0.2) is 11.5 Å². The van der Waals surface area contributed by atoms with Crippen molar-refractivity contribution in [2.45, 2.75) is 20.8 Å². The van der Waals surface area contributed by atoms with E-state index in [1.807, 2.05) is 0 Å². The van der Waals surface area contributed by atoms with E-state index in [-0.39, 0.29) is 5.78 Å². The summed E-state index contributed by atoms with van der Waals surface area (Å²) in [4.78, 5) is 11.2. The first-order valence-electron chi connectivity index (χ1n) is 4.34. The number of ketones is 1. The van der Waals surface area contributed by atoms with Crippen molar-refractivity contribution in [1.82, 2.24) is 25.3 Å². The van der Waals surface area contributed by atoms with Gasteiger partial charge in [0.25, 0.3) is 0 Å². The lowest BCUT2D eigenvalue weighted by atomic mass is 10.2. The zero-order valence-electron chi connectivity index (χ0n) is 8.55. The minimum Gasteiger partial charge on any atom is -0.293 e. The average Bonchev–Trinajstić information content (AvgIpc) is 2.71. The van der Waals surface area contributed by atoms with Crippen molar-refractivity contribution in [3.63, 3.8) is 0 Å². The van der Waals surface area contributed by atoms with Crippen LogP contribution in [-0.2, 0) is 0 Å². The molecule has 0 N–H and O–H groups in total. The molecule has 0 unspecified atom stereocenters. The molecular formula is C8H9N5O2. The first-order chi connectivity index (χ1) is 7.11. The van der Waals surface area contributed by atoms with E-state index in [1.54, 1.807) is 13.8 Å². The fraction of sp³-hybridized carbons (Fsp3) is 0.375. The van der Waals surface area contributed by atoms with Gasteiger partial charge >= 0.3 is 0 Å². The Morgan fingerprint density at radius 3 is 2.53 bits per heavy atom. The fourth-order valence-corrected chi connectivity index (χ4v) is 1.27. The van der Waals surface area contributed by atoms with Crippen LogP contribution in [0.15, 0.2) is 4.63 Å². The van der Waals surface area contributed by atoms with E-state index < -0.39 is 0 Å². The number of hydrogen-bond acceptors (Lipinski definition) is 6. The summed E-state index contributed by atoms with van der Waals surface area (Å²) in [6.07, 6.45) is 0. The molecule has 0 saturated heterocycles. The summed E-state index contributed by atoms with van der Waals surface area (Å²) < 4.78 is 5.98. The van der Waals surface area contributed by atoms with Crippen molar-refractivity contribution in [1.29, 1.82) is 0 Å². The predicted octanol–water partition coefficient (Wildman–Crippen LogP) is 0.470. The van der Waals surface area contributed by atoms with Gasteiger partial charge in [0.1, 0.15) is 5.69 Å². The molecule has 15 heavy (non-hydrogen) atoms. The molecule has 0 aliphatic carbocycles. The van der Waals surface area contributed by atoms with Crippen LogP contribution in [-0.4, -0.2) is 31.1 Å². The van der Waals surface area contributed by atoms with Gasteiger partial charge in [-0.05, 0) is 19.0 Å². The number of carbonyl (C=O) groups excluding carboxylic acids is 1. The van der Waals surface area contributed by atoms with E-state index in [0.717, 1.165) is 0 Å². The third-order valence-electron chi connectivity index (χ3n) is 2.06. The molecule has 78 valence electrons. The van der Waals surface area contributed by atoms with E-state index in [2.05, 4.69) is 25.3 Å². The standard InChI is InChI=1S/C8H9N5O2/c1-4-8(11-15-10-4)13-5(2)7(6(3)14)9-12-13/h1-3H3. The highest BCUT2D eigenvalue weighted by molar-refractivity contribution is 5.93. The Labute approximate surface area is 85.0 Å². The third-order valence-corrected chi connectivity index (χ3v) is 2.06. The molecular weight excluding hydrogens is 198 g/mol. The summed E-state index contributed by atoms with van der Waals surface area (Å²) in [6.45, 7) is 4.92. The van der Waals surface area contributed by atoms with E-state index >= 15 is 0 Å². The van der Waals surface area contributed by atoms with E-state index in [1.165, 1.54) is 11.6 Å². The molecule has 2 rings (SSSR count). The highest BCUT2D eigenvalue weighted by Crippen LogP contribution is 2.12. The van der Waals surface area contributed by atoms with Crippen LogP contribution < -0.4 is 0 Å². The molecule has 2 heterocycles. The van der Waals surface area contributed by atoms with Crippen LogP contribution in [0.25, 0.3) is 5.82 Å². The molecule has 0 aliphatic rings. The summed E-state index contributed by atoms with van der Waals surface area (Å²) >= 11 is 0. The molecule has 7 nitrogen and oxygen atoms in total. The lowest BCUT2D eigenvalue weighted by Gasteiger charge is -1.96. The van der Waals surface area contributed by atoms with Crippen molar-refractivity contribution in [3.05, 3.63) is 17.1 Å².